The molecule has 0 aliphatic rings. The smallest absolute Gasteiger partial charge is 0.00717 e. The van der Waals surface area contributed by atoms with Gasteiger partial charge in [0.15, 0.2) is 0 Å². The van der Waals surface area contributed by atoms with Crippen LogP contribution in [0.1, 0.15) is 46.5 Å². The molecule has 1 unspecified atom stereocenters. The minimum Gasteiger partial charge on any atom is -0.315 e. The van der Waals surface area contributed by atoms with Gasteiger partial charge >= 0.3 is 0 Å². The van der Waals surface area contributed by atoms with E-state index in [2.05, 4.69) is 44.3 Å². The molecule has 2 nitrogen and oxygen atoms in total. The number of unbranched alkanes of at least 4 members (excludes halogenated alkanes) is 2. The van der Waals surface area contributed by atoms with E-state index in [1.54, 1.807) is 0 Å². The van der Waals surface area contributed by atoms with Crippen molar-refractivity contribution in [3.05, 3.63) is 0 Å². The minimum absolute atomic E-state index is 0.629. The van der Waals surface area contributed by atoms with Crippen LogP contribution in [0.2, 0.25) is 0 Å². The van der Waals surface area contributed by atoms with Gasteiger partial charge in [-0.25, -0.2) is 0 Å². The summed E-state index contributed by atoms with van der Waals surface area (Å²) in [4.78, 5) is 2.51. The van der Waals surface area contributed by atoms with Gasteiger partial charge < -0.3 is 10.2 Å². The van der Waals surface area contributed by atoms with E-state index in [4.69, 9.17) is 0 Å². The third-order valence-electron chi connectivity index (χ3n) is 3.23. The summed E-state index contributed by atoms with van der Waals surface area (Å²) in [5.74, 6) is 1.28. The zero-order chi connectivity index (χ0) is 13.1. The maximum absolute atomic E-state index is 3.47. The van der Waals surface area contributed by atoms with Gasteiger partial charge in [0.05, 0.1) is 0 Å². The maximum atomic E-state index is 3.47. The molecular formula is C14H32N2S. The Bertz CT molecular complexity index is 162. The van der Waals surface area contributed by atoms with Crippen LogP contribution in [-0.4, -0.2) is 49.1 Å². The van der Waals surface area contributed by atoms with E-state index >= 15 is 0 Å². The molecule has 0 spiro atoms. The molecule has 0 fully saturated rings. The van der Waals surface area contributed by atoms with Crippen LogP contribution in [0.25, 0.3) is 0 Å². The average molecular weight is 260 g/mol. The molecule has 17 heavy (non-hydrogen) atoms. The summed E-state index contributed by atoms with van der Waals surface area (Å²) in [6.07, 6.45) is 7.49. The summed E-state index contributed by atoms with van der Waals surface area (Å²) in [5.41, 5.74) is 0. The second-order valence-electron chi connectivity index (χ2n) is 5.28. The highest BCUT2D eigenvalue weighted by Crippen LogP contribution is 2.07. The summed E-state index contributed by atoms with van der Waals surface area (Å²) in [6, 6.07) is 1.36. The highest BCUT2D eigenvalue weighted by molar-refractivity contribution is 7.98. The fourth-order valence-corrected chi connectivity index (χ4v) is 2.36. The molecule has 0 aliphatic heterocycles. The van der Waals surface area contributed by atoms with Crippen LogP contribution in [-0.2, 0) is 0 Å². The van der Waals surface area contributed by atoms with Crippen molar-refractivity contribution in [1.82, 2.24) is 10.2 Å². The number of rotatable bonds is 11. The van der Waals surface area contributed by atoms with E-state index in [1.165, 1.54) is 44.5 Å². The Balaban J connectivity index is 3.34. The summed E-state index contributed by atoms with van der Waals surface area (Å²) in [6.45, 7) is 9.18. The van der Waals surface area contributed by atoms with Gasteiger partial charge in [-0.2, -0.15) is 11.8 Å². The van der Waals surface area contributed by atoms with Crippen molar-refractivity contribution >= 4 is 11.8 Å². The molecule has 0 heterocycles. The Labute approximate surface area is 113 Å². The average Bonchev–Trinajstić information content (AvgIpc) is 2.29. The quantitative estimate of drug-likeness (QED) is 0.574. The summed E-state index contributed by atoms with van der Waals surface area (Å²) >= 11 is 1.95. The van der Waals surface area contributed by atoms with Gasteiger partial charge in [0.2, 0.25) is 0 Å². The molecule has 0 radical (unpaired) electrons. The Morgan fingerprint density at radius 3 is 2.41 bits per heavy atom. The van der Waals surface area contributed by atoms with Gasteiger partial charge in [-0.3, -0.25) is 0 Å². The highest BCUT2D eigenvalue weighted by atomic mass is 32.2. The lowest BCUT2D eigenvalue weighted by atomic mass is 10.2. The van der Waals surface area contributed by atoms with Gasteiger partial charge in [0.25, 0.3) is 0 Å². The monoisotopic (exact) mass is 260 g/mol. The molecule has 1 atom stereocenters. The predicted octanol–water partition coefficient (Wildman–Crippen LogP) is 3.23. The third-order valence-corrected chi connectivity index (χ3v) is 3.88. The molecule has 0 aromatic heterocycles. The third kappa shape index (κ3) is 11.1. The highest BCUT2D eigenvalue weighted by Gasteiger charge is 2.07. The number of thioether (sulfide) groups is 1. The number of hydrogen-bond donors (Lipinski definition) is 1. The molecule has 0 saturated carbocycles. The Morgan fingerprint density at radius 2 is 1.82 bits per heavy atom. The van der Waals surface area contributed by atoms with Crippen molar-refractivity contribution in [3.8, 4) is 0 Å². The van der Waals surface area contributed by atoms with Crippen molar-refractivity contribution in [2.45, 2.75) is 58.5 Å². The van der Waals surface area contributed by atoms with Gasteiger partial charge in [-0.1, -0.05) is 20.3 Å². The Hall–Kier alpha value is 0.270. The van der Waals surface area contributed by atoms with Gasteiger partial charge in [-0.05, 0) is 58.3 Å². The molecular weight excluding hydrogens is 228 g/mol. The fraction of sp³-hybridized carbons (Fsp3) is 1.00. The zero-order valence-corrected chi connectivity index (χ0v) is 13.3. The predicted molar refractivity (Wildman–Crippen MR) is 82.1 cm³/mol. The van der Waals surface area contributed by atoms with Gasteiger partial charge in [-0.15, -0.1) is 0 Å². The number of hydrogen-bond acceptors (Lipinski definition) is 3. The van der Waals surface area contributed by atoms with Crippen molar-refractivity contribution in [2.75, 3.05) is 32.1 Å². The molecule has 1 N–H and O–H groups in total. The molecule has 0 rings (SSSR count). The van der Waals surface area contributed by atoms with Crippen LogP contribution in [0.4, 0.5) is 0 Å². The SMILES string of the molecule is CSCCC(C)N(C)CCCCCNC(C)C. The molecule has 0 aromatic rings. The normalized spacial score (nSPS) is 13.6. The molecule has 0 aliphatic carbocycles. The lowest BCUT2D eigenvalue weighted by Gasteiger charge is -2.24. The molecule has 104 valence electrons. The fourth-order valence-electron chi connectivity index (χ4n) is 1.78. The first-order valence-electron chi connectivity index (χ1n) is 7.00. The van der Waals surface area contributed by atoms with E-state index in [9.17, 15) is 0 Å². The summed E-state index contributed by atoms with van der Waals surface area (Å²) in [7, 11) is 2.26. The van der Waals surface area contributed by atoms with Crippen molar-refractivity contribution in [1.29, 1.82) is 0 Å². The topological polar surface area (TPSA) is 15.3 Å². The van der Waals surface area contributed by atoms with Gasteiger partial charge in [0.1, 0.15) is 0 Å². The zero-order valence-electron chi connectivity index (χ0n) is 12.5. The second kappa shape index (κ2) is 11.4. The van der Waals surface area contributed by atoms with Crippen molar-refractivity contribution in [3.63, 3.8) is 0 Å². The van der Waals surface area contributed by atoms with E-state index in [1.807, 2.05) is 11.8 Å². The lowest BCUT2D eigenvalue weighted by molar-refractivity contribution is 0.247. The number of nitrogens with one attached hydrogen (secondary N) is 1. The lowest BCUT2D eigenvalue weighted by Crippen LogP contribution is -2.30. The number of nitrogens with zero attached hydrogens (tertiary/aromatic N) is 1. The minimum atomic E-state index is 0.629. The molecule has 0 saturated heterocycles. The van der Waals surface area contributed by atoms with Crippen LogP contribution >= 0.6 is 11.8 Å². The van der Waals surface area contributed by atoms with E-state index < -0.39 is 0 Å². The first-order chi connectivity index (χ1) is 8.07. The van der Waals surface area contributed by atoms with Crippen LogP contribution < -0.4 is 5.32 Å². The van der Waals surface area contributed by atoms with Gasteiger partial charge in [0, 0.05) is 12.1 Å². The first-order valence-corrected chi connectivity index (χ1v) is 8.39. The molecule has 0 bridgehead atoms. The molecule has 3 heteroatoms. The van der Waals surface area contributed by atoms with Crippen LogP contribution in [0.15, 0.2) is 0 Å². The maximum Gasteiger partial charge on any atom is 0.00717 e. The van der Waals surface area contributed by atoms with E-state index in [0.29, 0.717) is 6.04 Å². The molecule has 0 amide bonds. The van der Waals surface area contributed by atoms with Crippen LogP contribution in [0.3, 0.4) is 0 Å². The summed E-state index contributed by atoms with van der Waals surface area (Å²) in [5, 5.41) is 3.47. The molecule has 0 aromatic carbocycles. The second-order valence-corrected chi connectivity index (χ2v) is 6.27. The summed E-state index contributed by atoms with van der Waals surface area (Å²) < 4.78 is 0. The van der Waals surface area contributed by atoms with E-state index in [0.717, 1.165) is 6.04 Å². The first kappa shape index (κ1) is 17.3. The largest absolute Gasteiger partial charge is 0.315 e. The van der Waals surface area contributed by atoms with E-state index in [-0.39, 0.29) is 0 Å². The van der Waals surface area contributed by atoms with Crippen molar-refractivity contribution in [2.24, 2.45) is 0 Å². The van der Waals surface area contributed by atoms with Crippen molar-refractivity contribution < 1.29 is 0 Å². The Kier molecular flexibility index (Phi) is 11.5. The standard InChI is InChI=1S/C14H32N2S/c1-13(2)15-10-7-6-8-11-16(4)14(3)9-12-17-5/h13-15H,6-12H2,1-5H3. The Morgan fingerprint density at radius 1 is 1.12 bits per heavy atom. The van der Waals surface area contributed by atoms with Crippen LogP contribution in [0, 0.1) is 0 Å². The van der Waals surface area contributed by atoms with Crippen LogP contribution in [0.5, 0.6) is 0 Å².